The highest BCUT2D eigenvalue weighted by Crippen LogP contribution is 2.25. The summed E-state index contributed by atoms with van der Waals surface area (Å²) in [7, 11) is 1.76. The van der Waals surface area contributed by atoms with E-state index in [9.17, 15) is 44.4 Å². The van der Waals surface area contributed by atoms with Crippen molar-refractivity contribution in [3.05, 3.63) is 40.2 Å². The molecule has 1 amide bonds. The summed E-state index contributed by atoms with van der Waals surface area (Å²) in [4.78, 5) is 67.7. The van der Waals surface area contributed by atoms with E-state index in [1.807, 2.05) is 0 Å². The number of carboxylic acid groups (broad SMARTS) is 1. The number of H-pyrrole nitrogens is 1. The molecule has 0 saturated carbocycles. The fourth-order valence-corrected chi connectivity index (χ4v) is 4.30. The smallest absolute Gasteiger partial charge is 0.326 e. The molecule has 2 heterocycles. The number of benzene rings is 1. The van der Waals surface area contributed by atoms with E-state index in [-0.39, 0.29) is 35.8 Å². The maximum atomic E-state index is 12.7. The number of aliphatic carboxylic acids is 1. The van der Waals surface area contributed by atoms with E-state index < -0.39 is 61.3 Å². The van der Waals surface area contributed by atoms with Gasteiger partial charge < -0.3 is 62.3 Å². The molecule has 3 rings (SSSR count). The zero-order chi connectivity index (χ0) is 32.6. The number of anilines is 4. The number of aromatic amines is 1. The fourth-order valence-electron chi connectivity index (χ4n) is 4.30. The number of aliphatic hydroxyl groups is 3. The molecule has 1 aliphatic heterocycles. The van der Waals surface area contributed by atoms with Crippen LogP contribution in [0.4, 0.5) is 23.1 Å². The molecule has 44 heavy (non-hydrogen) atoms. The number of aldehydes is 1. The maximum Gasteiger partial charge on any atom is 0.326 e. The van der Waals surface area contributed by atoms with Crippen LogP contribution in [-0.2, 0) is 19.1 Å². The van der Waals surface area contributed by atoms with Crippen molar-refractivity contribution in [2.24, 2.45) is 5.73 Å². The molecule has 1 aromatic carbocycles. The molecule has 0 bridgehead atoms. The highest BCUT2D eigenvalue weighted by molar-refractivity contribution is 5.97. The van der Waals surface area contributed by atoms with Crippen LogP contribution in [0.15, 0.2) is 29.1 Å². The Morgan fingerprint density at radius 1 is 1.20 bits per heavy atom. The Morgan fingerprint density at radius 3 is 2.52 bits per heavy atom. The van der Waals surface area contributed by atoms with Gasteiger partial charge in [-0.3, -0.25) is 19.4 Å². The summed E-state index contributed by atoms with van der Waals surface area (Å²) in [5.74, 6) is -2.62. The summed E-state index contributed by atoms with van der Waals surface area (Å²) in [5.41, 5.74) is 11.7. The number of esters is 1. The summed E-state index contributed by atoms with van der Waals surface area (Å²) in [5, 5.41) is 47.4. The van der Waals surface area contributed by atoms with Gasteiger partial charge in [0.2, 0.25) is 5.95 Å². The number of nitrogen functional groups attached to an aromatic ring is 1. The van der Waals surface area contributed by atoms with Crippen LogP contribution >= 0.6 is 0 Å². The van der Waals surface area contributed by atoms with Gasteiger partial charge in [-0.2, -0.15) is 4.98 Å². The number of nitrogens with one attached hydrogen (secondary N) is 4. The van der Waals surface area contributed by atoms with E-state index in [0.29, 0.717) is 30.3 Å². The van der Waals surface area contributed by atoms with E-state index >= 15 is 0 Å². The lowest BCUT2D eigenvalue weighted by molar-refractivity contribution is -0.153. The Morgan fingerprint density at radius 2 is 1.89 bits per heavy atom. The van der Waals surface area contributed by atoms with Crippen LogP contribution in [0.5, 0.6) is 0 Å². The lowest BCUT2D eigenvalue weighted by atomic mass is 10.0. The SMILES string of the molecule is CN1c2c(nc(N)[nH]c2=O)NCC1CNc1ccc(C(=O)NC(CCC(=O)OC[C@@H](O)[C@@H](O)[C@H](O)[C@@H](N)C=O)C(=O)O)cc1. The van der Waals surface area contributed by atoms with Gasteiger partial charge in [0, 0.05) is 37.8 Å². The fraction of sp³-hybridized carbons (Fsp3) is 0.462. The van der Waals surface area contributed by atoms with E-state index in [0.717, 1.165) is 0 Å². The van der Waals surface area contributed by atoms with Crippen molar-refractivity contribution in [2.75, 3.05) is 48.0 Å². The van der Waals surface area contributed by atoms with Crippen LogP contribution in [0, 0.1) is 0 Å². The zero-order valence-electron chi connectivity index (χ0n) is 23.7. The lowest BCUT2D eigenvalue weighted by Crippen LogP contribution is -2.50. The summed E-state index contributed by atoms with van der Waals surface area (Å²) in [6, 6.07) is 3.19. The van der Waals surface area contributed by atoms with E-state index in [1.54, 1.807) is 24.1 Å². The van der Waals surface area contributed by atoms with Gasteiger partial charge in [-0.25, -0.2) is 4.79 Å². The number of likely N-dealkylation sites (N-methyl/N-ethyl adjacent to an activating group) is 1. The Bertz CT molecular complexity index is 1390. The van der Waals surface area contributed by atoms with Gasteiger partial charge in [0.05, 0.1) is 12.1 Å². The minimum Gasteiger partial charge on any atom is -0.480 e. The summed E-state index contributed by atoms with van der Waals surface area (Å²) in [6.45, 7) is 0.162. The first kappa shape index (κ1) is 33.7. The Hall–Kier alpha value is -4.78. The summed E-state index contributed by atoms with van der Waals surface area (Å²) < 4.78 is 4.79. The molecular weight excluding hydrogens is 584 g/mol. The molecule has 240 valence electrons. The number of hydrogen-bond donors (Lipinski definition) is 10. The molecule has 1 aromatic heterocycles. The number of aliphatic hydroxyl groups excluding tert-OH is 3. The summed E-state index contributed by atoms with van der Waals surface area (Å²) >= 11 is 0. The maximum absolute atomic E-state index is 12.7. The third kappa shape index (κ3) is 8.63. The first-order valence-electron chi connectivity index (χ1n) is 13.5. The molecule has 18 heteroatoms. The lowest BCUT2D eigenvalue weighted by Gasteiger charge is -2.35. The highest BCUT2D eigenvalue weighted by atomic mass is 16.5. The zero-order valence-corrected chi connectivity index (χ0v) is 23.7. The Labute approximate surface area is 250 Å². The number of carbonyl (C=O) groups excluding carboxylic acids is 3. The number of carbonyl (C=O) groups is 4. The van der Waals surface area contributed by atoms with Crippen LogP contribution in [-0.4, -0.2) is 118 Å². The van der Waals surface area contributed by atoms with Crippen molar-refractivity contribution in [2.45, 2.75) is 49.3 Å². The molecule has 6 atom stereocenters. The highest BCUT2D eigenvalue weighted by Gasteiger charge is 2.31. The number of amides is 1. The van der Waals surface area contributed by atoms with Crippen molar-refractivity contribution in [1.82, 2.24) is 15.3 Å². The number of rotatable bonds is 15. The second-order valence-electron chi connectivity index (χ2n) is 10.1. The minimum absolute atomic E-state index is 0.0120. The van der Waals surface area contributed by atoms with Crippen LogP contribution in [0.25, 0.3) is 0 Å². The molecule has 0 spiro atoms. The van der Waals surface area contributed by atoms with Gasteiger partial charge in [-0.05, 0) is 30.7 Å². The van der Waals surface area contributed by atoms with Crippen molar-refractivity contribution in [1.29, 1.82) is 0 Å². The number of carboxylic acids is 1. The number of aromatic nitrogens is 2. The van der Waals surface area contributed by atoms with E-state index in [1.165, 1.54) is 12.1 Å². The van der Waals surface area contributed by atoms with Crippen molar-refractivity contribution < 1.29 is 44.3 Å². The monoisotopic (exact) mass is 620 g/mol. The Balaban J connectivity index is 1.47. The third-order valence-electron chi connectivity index (χ3n) is 6.96. The first-order valence-corrected chi connectivity index (χ1v) is 13.5. The average molecular weight is 621 g/mol. The molecule has 1 aliphatic rings. The van der Waals surface area contributed by atoms with Crippen LogP contribution < -0.4 is 37.9 Å². The quantitative estimate of drug-likeness (QED) is 0.0693. The van der Waals surface area contributed by atoms with Crippen LogP contribution in [0.3, 0.4) is 0 Å². The van der Waals surface area contributed by atoms with Crippen LogP contribution in [0.1, 0.15) is 23.2 Å². The van der Waals surface area contributed by atoms with Crippen molar-refractivity contribution >= 4 is 47.3 Å². The largest absolute Gasteiger partial charge is 0.480 e. The first-order chi connectivity index (χ1) is 20.8. The molecule has 0 radical (unpaired) electrons. The standard InChI is InChI=1S/C26H36N8O10/c1-34-14(9-30-22-19(34)24(41)33-26(28)32-22)8-29-13-4-2-12(3-5-13)23(40)31-16(25(42)43)6-7-18(37)44-11-17(36)21(39)20(38)15(27)10-35/h2-5,10,14-17,20-21,29,36,38-39H,6-9,11,27H2,1H3,(H,31,40)(H,42,43)(H4,28,30,32,33,41)/t14?,15-,16?,17+,20+,21+/m0/s1. The molecule has 2 unspecified atom stereocenters. The second kappa shape index (κ2) is 15.1. The van der Waals surface area contributed by atoms with Gasteiger partial charge >= 0.3 is 11.9 Å². The molecule has 2 aromatic rings. The second-order valence-corrected chi connectivity index (χ2v) is 10.1. The van der Waals surface area contributed by atoms with Gasteiger partial charge in [-0.15, -0.1) is 0 Å². The van der Waals surface area contributed by atoms with Crippen molar-refractivity contribution in [3.8, 4) is 0 Å². The van der Waals surface area contributed by atoms with Crippen molar-refractivity contribution in [3.63, 3.8) is 0 Å². The number of hydrogen-bond acceptors (Lipinski definition) is 15. The average Bonchev–Trinajstić information content (AvgIpc) is 2.99. The van der Waals surface area contributed by atoms with Gasteiger partial charge in [0.25, 0.3) is 11.5 Å². The molecule has 0 saturated heterocycles. The predicted molar refractivity (Wildman–Crippen MR) is 156 cm³/mol. The predicted octanol–water partition coefficient (Wildman–Crippen LogP) is -3.19. The number of nitrogens with two attached hydrogens (primary N) is 2. The molecule has 0 aliphatic carbocycles. The number of fused-ring (bicyclic) bond motifs is 1. The van der Waals surface area contributed by atoms with Gasteiger partial charge in [0.1, 0.15) is 42.9 Å². The van der Waals surface area contributed by atoms with Crippen LogP contribution in [0.2, 0.25) is 0 Å². The van der Waals surface area contributed by atoms with Gasteiger partial charge in [0.15, 0.2) is 5.82 Å². The van der Waals surface area contributed by atoms with E-state index in [4.69, 9.17) is 16.2 Å². The molecule has 12 N–H and O–H groups in total. The minimum atomic E-state index is -1.87. The topological polar surface area (TPSA) is 296 Å². The van der Waals surface area contributed by atoms with E-state index in [2.05, 4.69) is 25.9 Å². The van der Waals surface area contributed by atoms with Gasteiger partial charge in [-0.1, -0.05) is 0 Å². The molecular formula is C26H36N8O10. The number of nitrogens with zero attached hydrogens (tertiary/aromatic N) is 2. The normalized spacial score (nSPS) is 17.6. The number of ether oxygens (including phenoxy) is 1. The molecule has 0 fully saturated rings. The Kier molecular flexibility index (Phi) is 11.6. The third-order valence-corrected chi connectivity index (χ3v) is 6.96. The molecule has 18 nitrogen and oxygen atoms in total. The summed E-state index contributed by atoms with van der Waals surface area (Å²) in [6.07, 6.45) is -6.05.